The third-order valence-corrected chi connectivity index (χ3v) is 1.85. The van der Waals surface area contributed by atoms with Gasteiger partial charge in [0.1, 0.15) is 11.9 Å². The summed E-state index contributed by atoms with van der Waals surface area (Å²) in [5, 5.41) is 10.5. The van der Waals surface area contributed by atoms with Gasteiger partial charge in [0.15, 0.2) is 0 Å². The molecule has 0 saturated carbocycles. The van der Waals surface area contributed by atoms with Gasteiger partial charge in [-0.2, -0.15) is 12.6 Å². The molecule has 0 bridgehead atoms. The molecule has 1 aromatic rings. The van der Waals surface area contributed by atoms with Gasteiger partial charge in [0.05, 0.1) is 10.5 Å². The third-order valence-electron chi connectivity index (χ3n) is 1.62. The lowest BCUT2D eigenvalue weighted by molar-refractivity contribution is -0.384. The maximum atomic E-state index is 10.5. The molecule has 1 aromatic heterocycles. The van der Waals surface area contributed by atoms with Crippen LogP contribution >= 0.6 is 12.6 Å². The van der Waals surface area contributed by atoms with Crippen LogP contribution in [0.4, 0.5) is 11.4 Å². The number of hydrogen-bond acceptors (Lipinski definition) is 5. The van der Waals surface area contributed by atoms with Crippen LogP contribution in [-0.4, -0.2) is 15.7 Å². The van der Waals surface area contributed by atoms with Crippen LogP contribution in [0.1, 0.15) is 12.0 Å². The first-order chi connectivity index (χ1) is 7.16. The van der Waals surface area contributed by atoms with Crippen molar-refractivity contribution in [1.82, 2.24) is 4.98 Å². The smallest absolute Gasteiger partial charge is 0.311 e. The molecule has 15 heavy (non-hydrogen) atoms. The monoisotopic (exact) mass is 223 g/mol. The van der Waals surface area contributed by atoms with Gasteiger partial charge in [-0.05, 0) is 0 Å². The predicted octanol–water partition coefficient (Wildman–Crippen LogP) is 1.24. The maximum absolute atomic E-state index is 10.5. The van der Waals surface area contributed by atoms with E-state index in [9.17, 15) is 10.1 Å². The Morgan fingerprint density at radius 2 is 2.33 bits per heavy atom. The van der Waals surface area contributed by atoms with Crippen LogP contribution < -0.4 is 5.73 Å². The Hall–Kier alpha value is -1.74. The quantitative estimate of drug-likeness (QED) is 0.342. The molecule has 1 heterocycles. The zero-order valence-corrected chi connectivity index (χ0v) is 8.70. The Labute approximate surface area is 92.3 Å². The number of nitrogens with zero attached hydrogens (tertiary/aromatic N) is 2. The molecule has 0 saturated heterocycles. The van der Waals surface area contributed by atoms with E-state index in [4.69, 9.17) is 5.73 Å². The average Bonchev–Trinajstić information content (AvgIpc) is 2.20. The largest absolute Gasteiger partial charge is 0.392 e. The number of hydrogen-bond donors (Lipinski definition) is 2. The minimum absolute atomic E-state index is 0.0571. The molecule has 0 aliphatic heterocycles. The minimum atomic E-state index is -0.577. The molecule has 0 amide bonds. The standard InChI is InChI=1S/C9H9N3O2S/c10-9-7(3-1-2-4-15)5-11-6-8(9)12(13)14/h5-6,15H,2,4H2,(H2,10,11). The lowest BCUT2D eigenvalue weighted by atomic mass is 10.2. The normalized spacial score (nSPS) is 9.13. The van der Waals surface area contributed by atoms with Crippen LogP contribution in [-0.2, 0) is 0 Å². The molecule has 1 rings (SSSR count). The summed E-state index contributed by atoms with van der Waals surface area (Å²) in [5.74, 6) is 6.14. The summed E-state index contributed by atoms with van der Waals surface area (Å²) in [4.78, 5) is 13.7. The zero-order valence-electron chi connectivity index (χ0n) is 7.80. The van der Waals surface area contributed by atoms with Crippen molar-refractivity contribution in [2.75, 3.05) is 11.5 Å². The second kappa shape index (κ2) is 5.22. The molecule has 0 fully saturated rings. The van der Waals surface area contributed by atoms with E-state index in [0.717, 1.165) is 6.20 Å². The fourth-order valence-electron chi connectivity index (χ4n) is 0.918. The van der Waals surface area contributed by atoms with Crippen molar-refractivity contribution in [1.29, 1.82) is 0 Å². The highest BCUT2D eigenvalue weighted by Gasteiger charge is 2.13. The summed E-state index contributed by atoms with van der Waals surface area (Å²) < 4.78 is 0. The first-order valence-electron chi connectivity index (χ1n) is 4.14. The molecule has 6 heteroatoms. The van der Waals surface area contributed by atoms with E-state index < -0.39 is 4.92 Å². The van der Waals surface area contributed by atoms with Gasteiger partial charge < -0.3 is 5.73 Å². The predicted molar refractivity (Wildman–Crippen MR) is 60.7 cm³/mol. The number of aromatic nitrogens is 1. The Kier molecular flexibility index (Phi) is 3.94. The number of nitro groups is 1. The molecule has 0 radical (unpaired) electrons. The van der Waals surface area contributed by atoms with E-state index >= 15 is 0 Å². The Morgan fingerprint density at radius 3 is 2.93 bits per heavy atom. The van der Waals surface area contributed by atoms with Crippen LogP contribution in [0.2, 0.25) is 0 Å². The van der Waals surface area contributed by atoms with Gasteiger partial charge in [-0.1, -0.05) is 11.8 Å². The Bertz CT molecular complexity index is 437. The average molecular weight is 223 g/mol. The van der Waals surface area contributed by atoms with Crippen molar-refractivity contribution in [2.24, 2.45) is 0 Å². The number of anilines is 1. The van der Waals surface area contributed by atoms with Crippen molar-refractivity contribution in [3.63, 3.8) is 0 Å². The van der Waals surface area contributed by atoms with E-state index in [0.29, 0.717) is 17.7 Å². The van der Waals surface area contributed by atoms with Gasteiger partial charge in [0.2, 0.25) is 0 Å². The highest BCUT2D eigenvalue weighted by atomic mass is 32.1. The van der Waals surface area contributed by atoms with Crippen LogP contribution in [0.15, 0.2) is 12.4 Å². The molecule has 2 N–H and O–H groups in total. The fraction of sp³-hybridized carbons (Fsp3) is 0.222. The van der Waals surface area contributed by atoms with Gasteiger partial charge in [-0.3, -0.25) is 15.1 Å². The summed E-state index contributed by atoms with van der Waals surface area (Å²) in [7, 11) is 0. The summed E-state index contributed by atoms with van der Waals surface area (Å²) in [6.45, 7) is 0. The molecule has 0 spiro atoms. The number of thiol groups is 1. The van der Waals surface area contributed by atoms with Crippen molar-refractivity contribution in [3.8, 4) is 11.8 Å². The summed E-state index contributed by atoms with van der Waals surface area (Å²) in [5.41, 5.74) is 5.79. The van der Waals surface area contributed by atoms with Crippen molar-refractivity contribution in [2.45, 2.75) is 6.42 Å². The zero-order chi connectivity index (χ0) is 11.3. The van der Waals surface area contributed by atoms with Crippen LogP contribution in [0.5, 0.6) is 0 Å². The molecule has 0 unspecified atom stereocenters. The number of nitrogen functional groups attached to an aromatic ring is 1. The van der Waals surface area contributed by atoms with E-state index in [1.165, 1.54) is 6.20 Å². The second-order valence-corrected chi connectivity index (χ2v) is 3.10. The highest BCUT2D eigenvalue weighted by molar-refractivity contribution is 7.80. The fourth-order valence-corrected chi connectivity index (χ4v) is 1.03. The van der Waals surface area contributed by atoms with E-state index in [1.54, 1.807) is 0 Å². The summed E-state index contributed by atoms with van der Waals surface area (Å²) >= 11 is 3.99. The van der Waals surface area contributed by atoms with Gasteiger partial charge in [0, 0.05) is 18.4 Å². The molecule has 0 atom stereocenters. The van der Waals surface area contributed by atoms with E-state index in [2.05, 4.69) is 29.5 Å². The number of pyridine rings is 1. The third kappa shape index (κ3) is 2.86. The Morgan fingerprint density at radius 1 is 1.60 bits per heavy atom. The molecular weight excluding hydrogens is 214 g/mol. The molecular formula is C9H9N3O2S. The van der Waals surface area contributed by atoms with Crippen molar-refractivity contribution >= 4 is 24.0 Å². The minimum Gasteiger partial charge on any atom is -0.392 e. The molecule has 0 aliphatic rings. The number of rotatable bonds is 2. The molecule has 0 aliphatic carbocycles. The van der Waals surface area contributed by atoms with Gasteiger partial charge in [-0.25, -0.2) is 0 Å². The van der Waals surface area contributed by atoms with Crippen molar-refractivity contribution in [3.05, 3.63) is 28.1 Å². The van der Waals surface area contributed by atoms with Gasteiger partial charge >= 0.3 is 5.69 Å². The second-order valence-electron chi connectivity index (χ2n) is 2.65. The van der Waals surface area contributed by atoms with Crippen LogP contribution in [0.3, 0.4) is 0 Å². The van der Waals surface area contributed by atoms with E-state index in [1.807, 2.05) is 0 Å². The Balaban J connectivity index is 3.06. The van der Waals surface area contributed by atoms with Crippen LogP contribution in [0.25, 0.3) is 0 Å². The van der Waals surface area contributed by atoms with Gasteiger partial charge in [-0.15, -0.1) is 0 Å². The summed E-state index contributed by atoms with van der Waals surface area (Å²) in [6, 6.07) is 0. The first kappa shape index (κ1) is 11.3. The van der Waals surface area contributed by atoms with Crippen LogP contribution in [0, 0.1) is 22.0 Å². The lowest BCUT2D eigenvalue weighted by Gasteiger charge is -1.97. The lowest BCUT2D eigenvalue weighted by Crippen LogP contribution is -1.99. The molecule has 0 aromatic carbocycles. The number of nitrogens with two attached hydrogens (primary N) is 1. The van der Waals surface area contributed by atoms with Crippen molar-refractivity contribution < 1.29 is 4.92 Å². The molecule has 78 valence electrons. The highest BCUT2D eigenvalue weighted by Crippen LogP contribution is 2.22. The van der Waals surface area contributed by atoms with E-state index in [-0.39, 0.29) is 11.4 Å². The maximum Gasteiger partial charge on any atom is 0.311 e. The molecule has 5 nitrogen and oxygen atoms in total. The first-order valence-corrected chi connectivity index (χ1v) is 4.77. The topological polar surface area (TPSA) is 82.0 Å². The SMILES string of the molecule is Nc1c(C#CCCS)cncc1[N+](=O)[O-]. The van der Waals surface area contributed by atoms with Gasteiger partial charge in [0.25, 0.3) is 0 Å². The summed E-state index contributed by atoms with van der Waals surface area (Å²) in [6.07, 6.45) is 3.12.